The molecular formula is C21H29ClFN7O2S. The van der Waals surface area contributed by atoms with Gasteiger partial charge in [0.05, 0.1) is 40.1 Å². The van der Waals surface area contributed by atoms with Crippen LogP contribution >= 0.6 is 11.6 Å². The standard InChI is InChI=1S/C21H29ClFN7O2S/c1-12-20(27-16-7-5-15(24)6-8-16)17(11-26-30(12)13(2)29-33(3,31)32)21(25)28-19-10-14(23)4-9-18(19)22/h4,9-11,13,15-16,27,29H,1,5-8,24H2,2-3H3,(H2,25,28)/t13?,15-,16-. The molecule has 0 amide bonds. The predicted molar refractivity (Wildman–Crippen MR) is 130 cm³/mol. The van der Waals surface area contributed by atoms with Gasteiger partial charge in [0.1, 0.15) is 17.8 Å². The summed E-state index contributed by atoms with van der Waals surface area (Å²) in [6.07, 6.45) is 5.30. The van der Waals surface area contributed by atoms with Gasteiger partial charge >= 0.3 is 0 Å². The van der Waals surface area contributed by atoms with E-state index in [0.29, 0.717) is 17.0 Å². The Kier molecular flexibility index (Phi) is 7.78. The summed E-state index contributed by atoms with van der Waals surface area (Å²) in [7, 11) is -3.48. The van der Waals surface area contributed by atoms with E-state index in [4.69, 9.17) is 23.1 Å². The highest BCUT2D eigenvalue weighted by molar-refractivity contribution is 7.88. The molecule has 180 valence electrons. The van der Waals surface area contributed by atoms with Gasteiger partial charge in [-0.3, -0.25) is 0 Å². The number of benzene rings is 1. The Morgan fingerprint density at radius 3 is 2.67 bits per heavy atom. The number of halogens is 2. The van der Waals surface area contributed by atoms with E-state index in [0.717, 1.165) is 31.9 Å². The molecule has 1 atom stereocenters. The van der Waals surface area contributed by atoms with E-state index in [1.165, 1.54) is 29.4 Å². The van der Waals surface area contributed by atoms with Crippen molar-refractivity contribution in [2.24, 2.45) is 21.6 Å². The van der Waals surface area contributed by atoms with E-state index in [2.05, 4.69) is 26.7 Å². The zero-order valence-electron chi connectivity index (χ0n) is 18.6. The molecule has 0 aromatic heterocycles. The zero-order valence-corrected chi connectivity index (χ0v) is 20.1. The number of sulfonamides is 1. The number of rotatable bonds is 7. The molecule has 1 saturated carbocycles. The molecule has 1 unspecified atom stereocenters. The van der Waals surface area contributed by atoms with E-state index >= 15 is 0 Å². The lowest BCUT2D eigenvalue weighted by Gasteiger charge is -2.36. The number of nitrogens with two attached hydrogens (primary N) is 2. The van der Waals surface area contributed by atoms with Crippen LogP contribution in [-0.2, 0) is 10.0 Å². The minimum atomic E-state index is -3.48. The van der Waals surface area contributed by atoms with Crippen molar-refractivity contribution in [2.45, 2.75) is 50.9 Å². The summed E-state index contributed by atoms with van der Waals surface area (Å²) in [5, 5.41) is 9.49. The lowest BCUT2D eigenvalue weighted by atomic mass is 9.91. The van der Waals surface area contributed by atoms with Crippen LogP contribution in [0.3, 0.4) is 0 Å². The van der Waals surface area contributed by atoms with E-state index in [1.54, 1.807) is 6.92 Å². The second-order valence-corrected chi connectivity index (χ2v) is 10.4. The van der Waals surface area contributed by atoms with Crippen molar-refractivity contribution in [3.63, 3.8) is 0 Å². The molecule has 1 aliphatic heterocycles. The van der Waals surface area contributed by atoms with Crippen LogP contribution in [0.5, 0.6) is 0 Å². The summed E-state index contributed by atoms with van der Waals surface area (Å²) < 4.78 is 39.6. The van der Waals surface area contributed by atoms with Crippen LogP contribution in [0, 0.1) is 5.82 Å². The Labute approximate surface area is 198 Å². The molecule has 2 aliphatic rings. The molecule has 6 N–H and O–H groups in total. The first-order valence-electron chi connectivity index (χ1n) is 10.5. The normalized spacial score (nSPS) is 23.1. The monoisotopic (exact) mass is 497 g/mol. The Morgan fingerprint density at radius 1 is 1.36 bits per heavy atom. The smallest absolute Gasteiger partial charge is 0.210 e. The summed E-state index contributed by atoms with van der Waals surface area (Å²) in [6.45, 7) is 5.76. The molecule has 1 aliphatic carbocycles. The van der Waals surface area contributed by atoms with Gasteiger partial charge in [0.2, 0.25) is 10.0 Å². The van der Waals surface area contributed by atoms with Crippen LogP contribution in [0.2, 0.25) is 5.02 Å². The minimum Gasteiger partial charge on any atom is -0.383 e. The number of hydrogen-bond acceptors (Lipinski definition) is 7. The van der Waals surface area contributed by atoms with Gasteiger partial charge in [-0.25, -0.2) is 22.8 Å². The first kappa shape index (κ1) is 25.2. The summed E-state index contributed by atoms with van der Waals surface area (Å²) in [5.74, 6) is -0.434. The second-order valence-electron chi connectivity index (χ2n) is 8.24. The van der Waals surface area contributed by atoms with E-state index in [9.17, 15) is 12.8 Å². The van der Waals surface area contributed by atoms with Crippen molar-refractivity contribution in [3.05, 3.63) is 52.6 Å². The van der Waals surface area contributed by atoms with Gasteiger partial charge in [-0.2, -0.15) is 9.82 Å². The molecule has 0 spiro atoms. The predicted octanol–water partition coefficient (Wildman–Crippen LogP) is 2.29. The molecule has 12 heteroatoms. The molecule has 1 fully saturated rings. The third-order valence-corrected chi connectivity index (χ3v) is 6.53. The van der Waals surface area contributed by atoms with Gasteiger partial charge in [-0.15, -0.1) is 0 Å². The maximum atomic E-state index is 13.7. The van der Waals surface area contributed by atoms with E-state index < -0.39 is 22.0 Å². The lowest BCUT2D eigenvalue weighted by molar-refractivity contribution is 0.264. The maximum absolute atomic E-state index is 13.7. The van der Waals surface area contributed by atoms with Gasteiger partial charge in [0, 0.05) is 18.2 Å². The van der Waals surface area contributed by atoms with Gasteiger partial charge in [-0.05, 0) is 44.7 Å². The number of hydrogen-bond donors (Lipinski definition) is 4. The fraction of sp³-hybridized carbons (Fsp3) is 0.429. The second kappa shape index (κ2) is 10.2. The number of hydrazone groups is 1. The molecule has 33 heavy (non-hydrogen) atoms. The molecule has 1 aromatic rings. The van der Waals surface area contributed by atoms with Crippen LogP contribution in [-0.4, -0.2) is 50.0 Å². The van der Waals surface area contributed by atoms with Crippen LogP contribution in [0.4, 0.5) is 10.1 Å². The Balaban J connectivity index is 1.97. The SMILES string of the molecule is C=C1C(N[C@H]2CC[C@H](N)CC2)=C(/C(N)=N/c2cc(F)ccc2Cl)C=NN1C(C)NS(C)(=O)=O. The zero-order chi connectivity index (χ0) is 24.3. The van der Waals surface area contributed by atoms with Crippen molar-refractivity contribution < 1.29 is 12.8 Å². The van der Waals surface area contributed by atoms with Gasteiger partial charge < -0.3 is 16.8 Å². The average molecular weight is 498 g/mol. The summed E-state index contributed by atoms with van der Waals surface area (Å²) >= 11 is 6.14. The van der Waals surface area contributed by atoms with Crippen molar-refractivity contribution in [1.82, 2.24) is 15.0 Å². The highest BCUT2D eigenvalue weighted by Crippen LogP contribution is 2.29. The topological polar surface area (TPSA) is 138 Å². The van der Waals surface area contributed by atoms with Crippen molar-refractivity contribution in [2.75, 3.05) is 6.26 Å². The van der Waals surface area contributed by atoms with Crippen LogP contribution in [0.25, 0.3) is 0 Å². The number of amidine groups is 1. The molecule has 0 bridgehead atoms. The van der Waals surface area contributed by atoms with E-state index in [1.807, 2.05) is 0 Å². The largest absolute Gasteiger partial charge is 0.383 e. The summed E-state index contributed by atoms with van der Waals surface area (Å²) in [5.41, 5.74) is 13.9. The molecule has 1 aromatic carbocycles. The number of nitrogens with zero attached hydrogens (tertiary/aromatic N) is 3. The highest BCUT2D eigenvalue weighted by Gasteiger charge is 2.29. The number of aliphatic imine (C=N–C) groups is 1. The first-order chi connectivity index (χ1) is 15.4. The minimum absolute atomic E-state index is 0.0609. The van der Waals surface area contributed by atoms with Crippen molar-refractivity contribution in [3.8, 4) is 0 Å². The maximum Gasteiger partial charge on any atom is 0.210 e. The first-order valence-corrected chi connectivity index (χ1v) is 12.8. The van der Waals surface area contributed by atoms with Crippen molar-refractivity contribution in [1.29, 1.82) is 0 Å². The van der Waals surface area contributed by atoms with Crippen LogP contribution < -0.4 is 21.5 Å². The molecule has 0 saturated heterocycles. The third-order valence-electron chi connectivity index (χ3n) is 5.44. The van der Waals surface area contributed by atoms with Gasteiger partial charge in [0.15, 0.2) is 0 Å². The molecule has 1 heterocycles. The van der Waals surface area contributed by atoms with Crippen molar-refractivity contribution >= 4 is 39.4 Å². The quantitative estimate of drug-likeness (QED) is 0.337. The Bertz CT molecular complexity index is 1110. The lowest BCUT2D eigenvalue weighted by Crippen LogP contribution is -2.47. The fourth-order valence-corrected chi connectivity index (χ4v) is 4.68. The molecule has 3 rings (SSSR count). The number of nitrogens with one attached hydrogen (secondary N) is 2. The summed E-state index contributed by atoms with van der Waals surface area (Å²) in [4.78, 5) is 4.30. The Morgan fingerprint density at radius 2 is 2.03 bits per heavy atom. The van der Waals surface area contributed by atoms with E-state index in [-0.39, 0.29) is 28.6 Å². The fourth-order valence-electron chi connectivity index (χ4n) is 3.80. The third kappa shape index (κ3) is 6.53. The van der Waals surface area contributed by atoms with Crippen LogP contribution in [0.1, 0.15) is 32.6 Å². The van der Waals surface area contributed by atoms with Gasteiger partial charge in [-0.1, -0.05) is 18.2 Å². The molecular weight excluding hydrogens is 469 g/mol. The summed E-state index contributed by atoms with van der Waals surface area (Å²) in [6, 6.07) is 4.10. The molecule has 0 radical (unpaired) electrons. The van der Waals surface area contributed by atoms with Crippen LogP contribution in [0.15, 0.2) is 51.8 Å². The highest BCUT2D eigenvalue weighted by atomic mass is 35.5. The van der Waals surface area contributed by atoms with Gasteiger partial charge in [0.25, 0.3) is 0 Å². The average Bonchev–Trinajstić information content (AvgIpc) is 2.72. The Hall–Kier alpha value is -2.47. The molecule has 9 nitrogen and oxygen atoms in total.